The fraction of sp³-hybridized carbons (Fsp3) is 0.0526. The van der Waals surface area contributed by atoms with Crippen molar-refractivity contribution < 1.29 is 5.11 Å². The molecule has 1 nitrogen and oxygen atoms in total. The highest BCUT2D eigenvalue weighted by Gasteiger charge is 2.10. The van der Waals surface area contributed by atoms with Crippen molar-refractivity contribution in [1.82, 2.24) is 0 Å². The van der Waals surface area contributed by atoms with E-state index < -0.39 is 6.10 Å². The van der Waals surface area contributed by atoms with Crippen LogP contribution >= 0.6 is 15.9 Å². The molecule has 0 fully saturated rings. The van der Waals surface area contributed by atoms with Crippen LogP contribution in [-0.4, -0.2) is 5.11 Å². The van der Waals surface area contributed by atoms with Crippen LogP contribution in [-0.2, 0) is 0 Å². The minimum Gasteiger partial charge on any atom is -0.384 e. The van der Waals surface area contributed by atoms with E-state index in [0.29, 0.717) is 0 Å². The molecular weight excluding hydrogens is 324 g/mol. The van der Waals surface area contributed by atoms with Gasteiger partial charge in [0.15, 0.2) is 0 Å². The van der Waals surface area contributed by atoms with Gasteiger partial charge in [-0.15, -0.1) is 0 Å². The molecule has 0 saturated heterocycles. The molecule has 0 aliphatic heterocycles. The van der Waals surface area contributed by atoms with Gasteiger partial charge < -0.3 is 5.11 Å². The second kappa shape index (κ2) is 6.25. The Bertz CT molecular complexity index is 720. The number of aliphatic hydroxyl groups excluding tert-OH is 1. The molecule has 1 atom stereocenters. The highest BCUT2D eigenvalue weighted by atomic mass is 79.9. The van der Waals surface area contributed by atoms with Crippen LogP contribution in [0, 0.1) is 0 Å². The van der Waals surface area contributed by atoms with Gasteiger partial charge in [0.05, 0.1) is 0 Å². The summed E-state index contributed by atoms with van der Waals surface area (Å²) in [6.07, 6.45) is -0.604. The number of benzene rings is 3. The van der Waals surface area contributed by atoms with Crippen molar-refractivity contribution in [2.75, 3.05) is 0 Å². The fourth-order valence-corrected chi connectivity index (χ4v) is 2.77. The third kappa shape index (κ3) is 3.23. The van der Waals surface area contributed by atoms with Gasteiger partial charge in [0.2, 0.25) is 0 Å². The van der Waals surface area contributed by atoms with E-state index in [1.165, 1.54) is 5.56 Å². The molecule has 2 heteroatoms. The van der Waals surface area contributed by atoms with Gasteiger partial charge in [-0.05, 0) is 34.4 Å². The Morgan fingerprint density at radius 1 is 0.667 bits per heavy atom. The van der Waals surface area contributed by atoms with E-state index in [1.54, 1.807) is 0 Å². The molecule has 21 heavy (non-hydrogen) atoms. The van der Waals surface area contributed by atoms with Crippen LogP contribution in [0.25, 0.3) is 11.1 Å². The molecule has 0 aliphatic carbocycles. The summed E-state index contributed by atoms with van der Waals surface area (Å²) in [6, 6.07) is 26.0. The lowest BCUT2D eigenvalue weighted by atomic mass is 9.98. The van der Waals surface area contributed by atoms with E-state index >= 15 is 0 Å². The molecule has 0 radical (unpaired) electrons. The van der Waals surface area contributed by atoms with Crippen LogP contribution in [0.1, 0.15) is 17.2 Å². The molecule has 0 amide bonds. The van der Waals surface area contributed by atoms with Gasteiger partial charge in [-0.1, -0.05) is 82.7 Å². The smallest absolute Gasteiger partial charge is 0.104 e. The van der Waals surface area contributed by atoms with Crippen LogP contribution in [0.5, 0.6) is 0 Å². The summed E-state index contributed by atoms with van der Waals surface area (Å²) >= 11 is 3.43. The van der Waals surface area contributed by atoms with E-state index in [1.807, 2.05) is 66.7 Å². The normalized spacial score (nSPS) is 12.1. The molecule has 0 saturated carbocycles. The topological polar surface area (TPSA) is 20.2 Å². The van der Waals surface area contributed by atoms with Gasteiger partial charge in [-0.2, -0.15) is 0 Å². The Hall–Kier alpha value is -1.90. The lowest BCUT2D eigenvalue weighted by Gasteiger charge is -2.12. The molecule has 1 N–H and O–H groups in total. The van der Waals surface area contributed by atoms with Gasteiger partial charge in [0.1, 0.15) is 6.10 Å². The maximum atomic E-state index is 10.5. The monoisotopic (exact) mass is 338 g/mol. The Morgan fingerprint density at radius 2 is 1.33 bits per heavy atom. The Labute approximate surface area is 133 Å². The van der Waals surface area contributed by atoms with Crippen molar-refractivity contribution in [3.05, 3.63) is 94.5 Å². The fourth-order valence-electron chi connectivity index (χ4n) is 2.36. The average Bonchev–Trinajstić information content (AvgIpc) is 2.55. The lowest BCUT2D eigenvalue weighted by molar-refractivity contribution is 0.220. The van der Waals surface area contributed by atoms with Crippen molar-refractivity contribution in [2.24, 2.45) is 0 Å². The Balaban J connectivity index is 1.87. The maximum absolute atomic E-state index is 10.5. The quantitative estimate of drug-likeness (QED) is 0.696. The molecule has 0 bridgehead atoms. The summed E-state index contributed by atoms with van der Waals surface area (Å²) in [5.41, 5.74) is 4.12. The van der Waals surface area contributed by atoms with E-state index in [2.05, 4.69) is 28.1 Å². The second-order valence-corrected chi connectivity index (χ2v) is 5.86. The minimum atomic E-state index is -0.604. The van der Waals surface area contributed by atoms with E-state index in [4.69, 9.17) is 0 Å². The highest BCUT2D eigenvalue weighted by Crippen LogP contribution is 2.26. The predicted molar refractivity (Wildman–Crippen MR) is 90.1 cm³/mol. The zero-order valence-corrected chi connectivity index (χ0v) is 13.0. The average molecular weight is 339 g/mol. The number of halogens is 1. The SMILES string of the molecule is O[C@H](c1ccc(-c2ccccc2)cc1)c1cccc(Br)c1. The highest BCUT2D eigenvalue weighted by molar-refractivity contribution is 9.10. The first kappa shape index (κ1) is 14.1. The van der Waals surface area contributed by atoms with Crippen LogP contribution in [0.15, 0.2) is 83.3 Å². The van der Waals surface area contributed by atoms with E-state index in [-0.39, 0.29) is 0 Å². The van der Waals surface area contributed by atoms with Crippen molar-refractivity contribution in [3.8, 4) is 11.1 Å². The third-order valence-electron chi connectivity index (χ3n) is 3.50. The Morgan fingerprint density at radius 3 is 2.00 bits per heavy atom. The number of hydrogen-bond acceptors (Lipinski definition) is 1. The van der Waals surface area contributed by atoms with Crippen molar-refractivity contribution in [2.45, 2.75) is 6.10 Å². The second-order valence-electron chi connectivity index (χ2n) is 4.95. The lowest BCUT2D eigenvalue weighted by Crippen LogP contribution is -1.99. The van der Waals surface area contributed by atoms with Crippen molar-refractivity contribution >= 4 is 15.9 Å². The van der Waals surface area contributed by atoms with Gasteiger partial charge >= 0.3 is 0 Å². The molecule has 0 heterocycles. The summed E-state index contributed by atoms with van der Waals surface area (Å²) in [6.45, 7) is 0. The molecule has 0 unspecified atom stereocenters. The third-order valence-corrected chi connectivity index (χ3v) is 3.99. The minimum absolute atomic E-state index is 0.604. The zero-order valence-electron chi connectivity index (χ0n) is 11.4. The van der Waals surface area contributed by atoms with Crippen molar-refractivity contribution in [1.29, 1.82) is 0 Å². The summed E-state index contributed by atoms with van der Waals surface area (Å²) in [5, 5.41) is 10.5. The molecule has 0 spiro atoms. The van der Waals surface area contributed by atoms with Gasteiger partial charge in [0, 0.05) is 4.47 Å². The first-order valence-electron chi connectivity index (χ1n) is 6.83. The molecular formula is C19H15BrO. The summed E-state index contributed by atoms with van der Waals surface area (Å²) in [4.78, 5) is 0. The van der Waals surface area contributed by atoms with Crippen molar-refractivity contribution in [3.63, 3.8) is 0 Å². The van der Waals surface area contributed by atoms with Gasteiger partial charge in [-0.25, -0.2) is 0 Å². The van der Waals surface area contributed by atoms with Crippen LogP contribution in [0.4, 0.5) is 0 Å². The molecule has 3 aromatic carbocycles. The Kier molecular flexibility index (Phi) is 4.18. The van der Waals surface area contributed by atoms with Gasteiger partial charge in [0.25, 0.3) is 0 Å². The molecule has 0 aromatic heterocycles. The summed E-state index contributed by atoms with van der Waals surface area (Å²) < 4.78 is 0.972. The van der Waals surface area contributed by atoms with Crippen LogP contribution < -0.4 is 0 Å². The predicted octanol–water partition coefficient (Wildman–Crippen LogP) is 5.20. The first-order chi connectivity index (χ1) is 10.2. The number of hydrogen-bond donors (Lipinski definition) is 1. The first-order valence-corrected chi connectivity index (χ1v) is 7.62. The van der Waals surface area contributed by atoms with E-state index in [0.717, 1.165) is 21.2 Å². The number of rotatable bonds is 3. The zero-order chi connectivity index (χ0) is 14.7. The van der Waals surface area contributed by atoms with Crippen LogP contribution in [0.2, 0.25) is 0 Å². The summed E-state index contributed by atoms with van der Waals surface area (Å²) in [5.74, 6) is 0. The van der Waals surface area contributed by atoms with E-state index in [9.17, 15) is 5.11 Å². The maximum Gasteiger partial charge on any atom is 0.104 e. The summed E-state index contributed by atoms with van der Waals surface area (Å²) in [7, 11) is 0. The number of aliphatic hydroxyl groups is 1. The molecule has 3 aromatic rings. The van der Waals surface area contributed by atoms with Crippen LogP contribution in [0.3, 0.4) is 0 Å². The molecule has 0 aliphatic rings. The van der Waals surface area contributed by atoms with Gasteiger partial charge in [-0.3, -0.25) is 0 Å². The molecule has 3 rings (SSSR count). The molecule has 104 valence electrons. The standard InChI is InChI=1S/C19H15BrO/c20-18-8-4-7-17(13-18)19(21)16-11-9-15(10-12-16)14-5-2-1-3-6-14/h1-13,19,21H/t19-/m1/s1. The largest absolute Gasteiger partial charge is 0.384 e.